The maximum Gasteiger partial charge on any atom is 0.248 e. The first kappa shape index (κ1) is 25.5. The second-order valence-corrected chi connectivity index (χ2v) is 9.64. The Morgan fingerprint density at radius 1 is 1.12 bits per heavy atom. The molecule has 0 unspecified atom stereocenters. The van der Waals surface area contributed by atoms with Crippen LogP contribution in [0.5, 0.6) is 11.5 Å². The van der Waals surface area contributed by atoms with E-state index in [1.807, 2.05) is 0 Å². The Kier molecular flexibility index (Phi) is 8.86. The minimum Gasteiger partial charge on any atom is -0.493 e. The number of piperazine rings is 1. The Balaban J connectivity index is 1.66. The first-order valence-electron chi connectivity index (χ1n) is 11.1. The maximum atomic E-state index is 13.0. The Labute approximate surface area is 201 Å². The van der Waals surface area contributed by atoms with Gasteiger partial charge in [-0.3, -0.25) is 4.79 Å². The van der Waals surface area contributed by atoms with Crippen LogP contribution in [0.2, 0.25) is 0 Å². The van der Waals surface area contributed by atoms with Gasteiger partial charge in [0.15, 0.2) is 11.5 Å². The Morgan fingerprint density at radius 2 is 1.88 bits per heavy atom. The molecule has 1 amide bonds. The standard InChI is InChI=1S/C25H31N3O5S/c1-4-17-33-23-11-9-20(18-24(23)32-3)10-12-25(29)26-21-7-6-8-22(19-21)34(30,31)28-15-13-27(5-2)14-16-28/h4,6-12,18-19H,1,5,13-17H2,2-3H3,(H,26,29)/b12-10+. The fourth-order valence-electron chi connectivity index (χ4n) is 3.58. The van der Waals surface area contributed by atoms with Crippen molar-refractivity contribution in [1.82, 2.24) is 9.21 Å². The van der Waals surface area contributed by atoms with E-state index in [0.717, 1.165) is 12.1 Å². The van der Waals surface area contributed by atoms with E-state index in [2.05, 4.69) is 23.7 Å². The number of likely N-dealkylation sites (N-methyl/N-ethyl adjacent to an activating group) is 1. The number of methoxy groups -OCH3 is 1. The van der Waals surface area contributed by atoms with Gasteiger partial charge in [0, 0.05) is 37.9 Å². The van der Waals surface area contributed by atoms with Gasteiger partial charge in [-0.1, -0.05) is 31.7 Å². The molecular formula is C25H31N3O5S. The molecule has 0 aliphatic carbocycles. The van der Waals surface area contributed by atoms with Crippen LogP contribution in [-0.2, 0) is 14.8 Å². The number of amides is 1. The molecule has 0 spiro atoms. The van der Waals surface area contributed by atoms with Crippen LogP contribution in [0.3, 0.4) is 0 Å². The van der Waals surface area contributed by atoms with Crippen LogP contribution in [0.25, 0.3) is 6.08 Å². The molecule has 1 heterocycles. The zero-order chi connectivity index (χ0) is 24.6. The lowest BCUT2D eigenvalue weighted by molar-refractivity contribution is -0.111. The van der Waals surface area contributed by atoms with Crippen molar-refractivity contribution >= 4 is 27.7 Å². The zero-order valence-electron chi connectivity index (χ0n) is 19.6. The van der Waals surface area contributed by atoms with E-state index in [0.29, 0.717) is 50.0 Å². The van der Waals surface area contributed by atoms with Gasteiger partial charge >= 0.3 is 0 Å². The summed E-state index contributed by atoms with van der Waals surface area (Å²) >= 11 is 0. The summed E-state index contributed by atoms with van der Waals surface area (Å²) in [7, 11) is -2.08. The van der Waals surface area contributed by atoms with E-state index < -0.39 is 10.0 Å². The van der Waals surface area contributed by atoms with Crippen LogP contribution in [0, 0.1) is 0 Å². The number of nitrogens with zero attached hydrogens (tertiary/aromatic N) is 2. The third kappa shape index (κ3) is 6.47. The second-order valence-electron chi connectivity index (χ2n) is 7.70. The minimum absolute atomic E-state index is 0.166. The van der Waals surface area contributed by atoms with Crippen molar-refractivity contribution in [2.45, 2.75) is 11.8 Å². The number of carbonyl (C=O) groups is 1. The highest BCUT2D eigenvalue weighted by atomic mass is 32.2. The summed E-state index contributed by atoms with van der Waals surface area (Å²) in [4.78, 5) is 14.8. The number of rotatable bonds is 10. The van der Waals surface area contributed by atoms with Gasteiger partial charge in [0.25, 0.3) is 0 Å². The highest BCUT2D eigenvalue weighted by molar-refractivity contribution is 7.89. The molecule has 0 aromatic heterocycles. The van der Waals surface area contributed by atoms with Crippen LogP contribution in [0.1, 0.15) is 12.5 Å². The van der Waals surface area contributed by atoms with Crippen molar-refractivity contribution < 1.29 is 22.7 Å². The number of benzene rings is 2. The Morgan fingerprint density at radius 3 is 2.56 bits per heavy atom. The molecule has 9 heteroatoms. The summed E-state index contributed by atoms with van der Waals surface area (Å²) < 4.78 is 38.4. The number of anilines is 1. The maximum absolute atomic E-state index is 13.0. The smallest absolute Gasteiger partial charge is 0.248 e. The number of ether oxygens (including phenoxy) is 2. The van der Waals surface area contributed by atoms with Crippen molar-refractivity contribution in [3.8, 4) is 11.5 Å². The molecule has 1 N–H and O–H groups in total. The second kappa shape index (κ2) is 11.8. The zero-order valence-corrected chi connectivity index (χ0v) is 20.4. The summed E-state index contributed by atoms with van der Waals surface area (Å²) in [6.45, 7) is 9.28. The summed E-state index contributed by atoms with van der Waals surface area (Å²) in [6, 6.07) is 11.6. The van der Waals surface area contributed by atoms with E-state index in [4.69, 9.17) is 9.47 Å². The van der Waals surface area contributed by atoms with Crippen molar-refractivity contribution in [3.63, 3.8) is 0 Å². The molecule has 3 rings (SSSR count). The monoisotopic (exact) mass is 485 g/mol. The molecule has 1 aliphatic heterocycles. The van der Waals surface area contributed by atoms with Gasteiger partial charge in [-0.15, -0.1) is 0 Å². The van der Waals surface area contributed by atoms with Gasteiger partial charge in [-0.25, -0.2) is 8.42 Å². The summed E-state index contributed by atoms with van der Waals surface area (Å²) in [6.07, 6.45) is 4.66. The first-order valence-corrected chi connectivity index (χ1v) is 12.5. The van der Waals surface area contributed by atoms with E-state index in [9.17, 15) is 13.2 Å². The number of hydrogen-bond acceptors (Lipinski definition) is 6. The number of sulfonamides is 1. The quantitative estimate of drug-likeness (QED) is 0.411. The van der Waals surface area contributed by atoms with Gasteiger partial charge < -0.3 is 19.7 Å². The predicted octanol–water partition coefficient (Wildman–Crippen LogP) is 3.24. The van der Waals surface area contributed by atoms with Crippen LogP contribution >= 0.6 is 0 Å². The highest BCUT2D eigenvalue weighted by Crippen LogP contribution is 2.28. The molecule has 1 fully saturated rings. The van der Waals surface area contributed by atoms with E-state index in [1.54, 1.807) is 55.7 Å². The molecule has 0 atom stereocenters. The molecule has 1 aliphatic rings. The van der Waals surface area contributed by atoms with E-state index >= 15 is 0 Å². The fraction of sp³-hybridized carbons (Fsp3) is 0.320. The van der Waals surface area contributed by atoms with Crippen molar-refractivity contribution in [3.05, 3.63) is 66.8 Å². The molecule has 8 nitrogen and oxygen atoms in total. The average Bonchev–Trinajstić information content (AvgIpc) is 2.86. The molecular weight excluding hydrogens is 454 g/mol. The molecule has 1 saturated heterocycles. The number of carbonyl (C=O) groups excluding carboxylic acids is 1. The van der Waals surface area contributed by atoms with Crippen molar-refractivity contribution in [2.75, 3.05) is 51.8 Å². The lowest BCUT2D eigenvalue weighted by Gasteiger charge is -2.33. The molecule has 0 radical (unpaired) electrons. The lowest BCUT2D eigenvalue weighted by Crippen LogP contribution is -2.48. The van der Waals surface area contributed by atoms with Crippen molar-refractivity contribution in [1.29, 1.82) is 0 Å². The Hall–Kier alpha value is -3.14. The summed E-state index contributed by atoms with van der Waals surface area (Å²) in [5, 5.41) is 2.73. The largest absolute Gasteiger partial charge is 0.493 e. The molecule has 182 valence electrons. The molecule has 2 aromatic rings. The SMILES string of the molecule is C=CCOc1ccc(/C=C/C(=O)Nc2cccc(S(=O)(=O)N3CCN(CC)CC3)c2)cc1OC. The van der Waals surface area contributed by atoms with Crippen molar-refractivity contribution in [2.24, 2.45) is 0 Å². The predicted molar refractivity (Wildman–Crippen MR) is 134 cm³/mol. The van der Waals surface area contributed by atoms with Crippen LogP contribution < -0.4 is 14.8 Å². The van der Waals surface area contributed by atoms with Gasteiger partial charge in [0.05, 0.1) is 12.0 Å². The van der Waals surface area contributed by atoms with Gasteiger partial charge in [-0.2, -0.15) is 4.31 Å². The van der Waals surface area contributed by atoms with Crippen LogP contribution in [0.15, 0.2) is 66.1 Å². The summed E-state index contributed by atoms with van der Waals surface area (Å²) in [5.41, 5.74) is 1.16. The normalized spacial score (nSPS) is 15.2. The molecule has 2 aromatic carbocycles. The highest BCUT2D eigenvalue weighted by Gasteiger charge is 2.28. The fourth-order valence-corrected chi connectivity index (χ4v) is 5.05. The van der Waals surface area contributed by atoms with Crippen LogP contribution in [0.4, 0.5) is 5.69 Å². The number of nitrogens with one attached hydrogen (secondary N) is 1. The topological polar surface area (TPSA) is 88.2 Å². The van der Waals surface area contributed by atoms with E-state index in [-0.39, 0.29) is 10.8 Å². The average molecular weight is 486 g/mol. The lowest BCUT2D eigenvalue weighted by atomic mass is 10.2. The van der Waals surface area contributed by atoms with Gasteiger partial charge in [0.2, 0.25) is 15.9 Å². The first-order chi connectivity index (χ1) is 16.4. The van der Waals surface area contributed by atoms with E-state index in [1.165, 1.54) is 16.4 Å². The third-order valence-electron chi connectivity index (χ3n) is 5.49. The number of hydrogen-bond donors (Lipinski definition) is 1. The molecule has 0 saturated carbocycles. The van der Waals surface area contributed by atoms with Gasteiger partial charge in [0.1, 0.15) is 6.61 Å². The minimum atomic E-state index is -3.62. The third-order valence-corrected chi connectivity index (χ3v) is 7.38. The Bertz CT molecular complexity index is 1140. The molecule has 0 bridgehead atoms. The molecule has 34 heavy (non-hydrogen) atoms. The van der Waals surface area contributed by atoms with Crippen LogP contribution in [-0.4, -0.2) is 70.0 Å². The summed E-state index contributed by atoms with van der Waals surface area (Å²) in [5.74, 6) is 0.747. The van der Waals surface area contributed by atoms with Gasteiger partial charge in [-0.05, 0) is 48.5 Å².